The van der Waals surface area contributed by atoms with Crippen LogP contribution in [0.15, 0.2) is 36.5 Å². The van der Waals surface area contributed by atoms with Crippen LogP contribution in [0.5, 0.6) is 0 Å². The highest BCUT2D eigenvalue weighted by Crippen LogP contribution is 2.38. The Labute approximate surface area is 178 Å². The Morgan fingerprint density at radius 1 is 1.13 bits per heavy atom. The molecule has 4 rings (SSSR count). The van der Waals surface area contributed by atoms with Crippen molar-refractivity contribution in [2.45, 2.75) is 64.1 Å². The lowest BCUT2D eigenvalue weighted by Gasteiger charge is -2.39. The molecule has 0 spiro atoms. The molecule has 2 fully saturated rings. The molecule has 2 aliphatic heterocycles. The van der Waals surface area contributed by atoms with Gasteiger partial charge in [-0.15, -0.1) is 0 Å². The minimum atomic E-state index is -0.198. The number of pyridine rings is 1. The fraction of sp³-hybridized carbons (Fsp3) is 0.542. The summed E-state index contributed by atoms with van der Waals surface area (Å²) in [6, 6.07) is 10.6. The smallest absolute Gasteiger partial charge is 0.252 e. The van der Waals surface area contributed by atoms with E-state index in [2.05, 4.69) is 20.5 Å². The topological polar surface area (TPSA) is 74.3 Å². The lowest BCUT2D eigenvalue weighted by atomic mass is 9.90. The molecule has 2 amide bonds. The van der Waals surface area contributed by atoms with E-state index in [0.29, 0.717) is 36.7 Å². The zero-order valence-corrected chi connectivity index (χ0v) is 18.1. The van der Waals surface area contributed by atoms with Crippen LogP contribution in [0, 0.1) is 5.92 Å². The molecule has 1 unspecified atom stereocenters. The van der Waals surface area contributed by atoms with Crippen molar-refractivity contribution >= 4 is 22.7 Å². The second-order valence-corrected chi connectivity index (χ2v) is 9.82. The predicted molar refractivity (Wildman–Crippen MR) is 118 cm³/mol. The molecule has 2 bridgehead atoms. The van der Waals surface area contributed by atoms with Crippen LogP contribution in [0.3, 0.4) is 0 Å². The summed E-state index contributed by atoms with van der Waals surface area (Å²) in [6.07, 6.45) is 6.02. The molecule has 1 aromatic heterocycles. The monoisotopic (exact) mass is 408 g/mol. The number of piperidine rings is 1. The van der Waals surface area contributed by atoms with Crippen molar-refractivity contribution in [2.75, 3.05) is 13.1 Å². The Balaban J connectivity index is 1.30. The summed E-state index contributed by atoms with van der Waals surface area (Å²) in [6.45, 7) is 7.20. The van der Waals surface area contributed by atoms with Crippen LogP contribution in [-0.4, -0.2) is 52.4 Å². The fourth-order valence-electron chi connectivity index (χ4n) is 4.97. The first kappa shape index (κ1) is 20.8. The molecule has 3 heterocycles. The van der Waals surface area contributed by atoms with Crippen LogP contribution in [0.1, 0.15) is 56.8 Å². The molecule has 6 nitrogen and oxygen atoms in total. The summed E-state index contributed by atoms with van der Waals surface area (Å²) < 4.78 is 0. The SMILES string of the molecule is CC(C)(C)NC(=O)CN1[C@@H]2CC[C@H]1CC(CNC(=O)c1cnc3ccccc3c1)C2. The van der Waals surface area contributed by atoms with Gasteiger partial charge in [0.05, 0.1) is 17.6 Å². The summed E-state index contributed by atoms with van der Waals surface area (Å²) in [5, 5.41) is 7.16. The van der Waals surface area contributed by atoms with Crippen molar-refractivity contribution in [3.05, 3.63) is 42.1 Å². The van der Waals surface area contributed by atoms with E-state index in [4.69, 9.17) is 0 Å². The molecule has 2 saturated heterocycles. The largest absolute Gasteiger partial charge is 0.352 e. The summed E-state index contributed by atoms with van der Waals surface area (Å²) in [4.78, 5) is 31.8. The molecule has 1 aromatic carbocycles. The van der Waals surface area contributed by atoms with Crippen molar-refractivity contribution in [3.63, 3.8) is 0 Å². The molecule has 160 valence electrons. The van der Waals surface area contributed by atoms with Gasteiger partial charge in [-0.25, -0.2) is 0 Å². The molecule has 2 N–H and O–H groups in total. The molecular formula is C24H32N4O2. The number of carbonyl (C=O) groups is 2. The number of fused-ring (bicyclic) bond motifs is 3. The number of amides is 2. The van der Waals surface area contributed by atoms with Gasteiger partial charge < -0.3 is 10.6 Å². The molecule has 0 aliphatic carbocycles. The lowest BCUT2D eigenvalue weighted by molar-refractivity contribution is -0.125. The first-order valence-corrected chi connectivity index (χ1v) is 11.0. The van der Waals surface area contributed by atoms with Crippen molar-refractivity contribution in [1.82, 2.24) is 20.5 Å². The molecular weight excluding hydrogens is 376 g/mol. The van der Waals surface area contributed by atoms with E-state index in [1.54, 1.807) is 6.20 Å². The number of nitrogens with one attached hydrogen (secondary N) is 2. The maximum atomic E-state index is 12.6. The average molecular weight is 409 g/mol. The summed E-state index contributed by atoms with van der Waals surface area (Å²) >= 11 is 0. The first-order chi connectivity index (χ1) is 14.3. The van der Waals surface area contributed by atoms with Crippen LogP contribution < -0.4 is 10.6 Å². The van der Waals surface area contributed by atoms with Gasteiger partial charge in [0.25, 0.3) is 5.91 Å². The van der Waals surface area contributed by atoms with E-state index in [-0.39, 0.29) is 17.4 Å². The number of nitrogens with zero attached hydrogens (tertiary/aromatic N) is 2. The Morgan fingerprint density at radius 2 is 1.83 bits per heavy atom. The highest BCUT2D eigenvalue weighted by Gasteiger charge is 2.41. The van der Waals surface area contributed by atoms with Crippen molar-refractivity contribution in [1.29, 1.82) is 0 Å². The Morgan fingerprint density at radius 3 is 2.53 bits per heavy atom. The van der Waals surface area contributed by atoms with Crippen molar-refractivity contribution in [2.24, 2.45) is 5.92 Å². The van der Waals surface area contributed by atoms with Gasteiger partial charge in [0.2, 0.25) is 5.91 Å². The van der Waals surface area contributed by atoms with Gasteiger partial charge in [-0.05, 0) is 64.5 Å². The fourth-order valence-corrected chi connectivity index (χ4v) is 4.97. The second-order valence-electron chi connectivity index (χ2n) is 9.82. The number of hydrogen-bond donors (Lipinski definition) is 2. The quantitative estimate of drug-likeness (QED) is 0.797. The van der Waals surface area contributed by atoms with E-state index < -0.39 is 0 Å². The lowest BCUT2D eigenvalue weighted by Crippen LogP contribution is -2.52. The minimum Gasteiger partial charge on any atom is -0.352 e. The van der Waals surface area contributed by atoms with Crippen LogP contribution in [0.2, 0.25) is 0 Å². The third-order valence-corrected chi connectivity index (χ3v) is 6.23. The van der Waals surface area contributed by atoms with Gasteiger partial charge in [-0.3, -0.25) is 19.5 Å². The van der Waals surface area contributed by atoms with Crippen LogP contribution in [0.4, 0.5) is 0 Å². The molecule has 3 atom stereocenters. The Kier molecular flexibility index (Phi) is 5.78. The zero-order chi connectivity index (χ0) is 21.3. The van der Waals surface area contributed by atoms with E-state index >= 15 is 0 Å². The van der Waals surface area contributed by atoms with E-state index in [1.165, 1.54) is 0 Å². The normalized spacial score (nSPS) is 24.0. The van der Waals surface area contributed by atoms with Gasteiger partial charge in [-0.2, -0.15) is 0 Å². The number of carbonyl (C=O) groups excluding carboxylic acids is 2. The summed E-state index contributed by atoms with van der Waals surface area (Å²) in [5.74, 6) is 0.504. The number of hydrogen-bond acceptors (Lipinski definition) is 4. The number of rotatable bonds is 5. The zero-order valence-electron chi connectivity index (χ0n) is 18.1. The highest BCUT2D eigenvalue weighted by molar-refractivity contribution is 5.97. The third kappa shape index (κ3) is 4.81. The van der Waals surface area contributed by atoms with E-state index in [0.717, 1.165) is 36.6 Å². The molecule has 30 heavy (non-hydrogen) atoms. The molecule has 0 radical (unpaired) electrons. The summed E-state index contributed by atoms with van der Waals surface area (Å²) in [5.41, 5.74) is 1.30. The van der Waals surface area contributed by atoms with Gasteiger partial charge in [0.1, 0.15) is 0 Å². The highest BCUT2D eigenvalue weighted by atomic mass is 16.2. The van der Waals surface area contributed by atoms with Gasteiger partial charge in [-0.1, -0.05) is 18.2 Å². The van der Waals surface area contributed by atoms with Crippen LogP contribution in [-0.2, 0) is 4.79 Å². The standard InChI is InChI=1S/C24H32N4O2/c1-24(2,3)27-22(29)15-28-19-8-9-20(28)11-16(10-19)13-26-23(30)18-12-17-6-4-5-7-21(17)25-14-18/h4-7,12,14,16,19-20H,8-11,13,15H2,1-3H3,(H,26,30)(H,27,29)/t16?,19-,20+. The van der Waals surface area contributed by atoms with Gasteiger partial charge in [0.15, 0.2) is 0 Å². The summed E-state index contributed by atoms with van der Waals surface area (Å²) in [7, 11) is 0. The minimum absolute atomic E-state index is 0.0624. The molecule has 0 saturated carbocycles. The van der Waals surface area contributed by atoms with Crippen molar-refractivity contribution < 1.29 is 9.59 Å². The van der Waals surface area contributed by atoms with Crippen LogP contribution >= 0.6 is 0 Å². The second kappa shape index (κ2) is 8.34. The van der Waals surface area contributed by atoms with Gasteiger partial charge >= 0.3 is 0 Å². The Hall–Kier alpha value is -2.47. The van der Waals surface area contributed by atoms with Crippen molar-refractivity contribution in [3.8, 4) is 0 Å². The molecule has 2 aliphatic rings. The predicted octanol–water partition coefficient (Wildman–Crippen LogP) is 3.12. The van der Waals surface area contributed by atoms with Crippen LogP contribution in [0.25, 0.3) is 10.9 Å². The van der Waals surface area contributed by atoms with E-state index in [9.17, 15) is 9.59 Å². The van der Waals surface area contributed by atoms with Gasteiger partial charge in [0, 0.05) is 35.8 Å². The Bertz CT molecular complexity index is 922. The number of para-hydroxylation sites is 1. The third-order valence-electron chi connectivity index (χ3n) is 6.23. The maximum Gasteiger partial charge on any atom is 0.252 e. The average Bonchev–Trinajstić information content (AvgIpc) is 2.92. The number of aromatic nitrogens is 1. The molecule has 2 aromatic rings. The maximum absolute atomic E-state index is 12.6. The first-order valence-electron chi connectivity index (χ1n) is 11.0. The number of benzene rings is 1. The van der Waals surface area contributed by atoms with E-state index in [1.807, 2.05) is 51.1 Å². The molecule has 6 heteroatoms.